The van der Waals surface area contributed by atoms with Gasteiger partial charge in [0.2, 0.25) is 0 Å². The largest absolute Gasteiger partial charge is 0.418 e. The van der Waals surface area contributed by atoms with E-state index in [2.05, 4.69) is 26.0 Å². The number of nitrogens with one attached hydrogen (secondary N) is 2. The molecule has 0 atom stereocenters. The van der Waals surface area contributed by atoms with Crippen molar-refractivity contribution in [3.8, 4) is 16.9 Å². The molecule has 0 unspecified atom stereocenters. The molecule has 2 heterocycles. The molecule has 12 heteroatoms. The molecule has 4 rings (SSSR count). The van der Waals surface area contributed by atoms with Crippen LogP contribution in [0.15, 0.2) is 48.8 Å². The van der Waals surface area contributed by atoms with Crippen molar-refractivity contribution in [2.24, 2.45) is 7.05 Å². The first-order valence-corrected chi connectivity index (χ1v) is 11.4. The van der Waals surface area contributed by atoms with Gasteiger partial charge in [0, 0.05) is 48.9 Å². The number of benzene rings is 2. The Morgan fingerprint density at radius 2 is 1.92 bits per heavy atom. The van der Waals surface area contributed by atoms with Crippen molar-refractivity contribution in [3.05, 3.63) is 71.2 Å². The summed E-state index contributed by atoms with van der Waals surface area (Å²) in [5.41, 5.74) is 3.13. The summed E-state index contributed by atoms with van der Waals surface area (Å²) in [6, 6.07) is 8.56. The number of anilines is 2. The van der Waals surface area contributed by atoms with Crippen molar-refractivity contribution >= 4 is 17.3 Å². The standard InChI is InChI=1S/C25H26F3N7O2/c1-15-5-6-17(11-23(15)35-14-22(32-33-35)19-13-30-34(3)16(19)2)24(36)31-18-7-8-21(29-9-10-37-4)20(12-18)25(26,27)28/h5-8,11-14,29H,9-10H2,1-4H3,(H,31,36). The molecule has 37 heavy (non-hydrogen) atoms. The highest BCUT2D eigenvalue weighted by molar-refractivity contribution is 6.04. The number of hydrogen-bond donors (Lipinski definition) is 2. The molecule has 0 spiro atoms. The van der Waals surface area contributed by atoms with Crippen LogP contribution >= 0.6 is 0 Å². The van der Waals surface area contributed by atoms with E-state index in [1.165, 1.54) is 19.2 Å². The van der Waals surface area contributed by atoms with Gasteiger partial charge in [0.1, 0.15) is 5.69 Å². The third kappa shape index (κ3) is 5.64. The topological polar surface area (TPSA) is 98.9 Å². The van der Waals surface area contributed by atoms with Crippen LogP contribution in [-0.2, 0) is 18.0 Å². The Morgan fingerprint density at radius 3 is 2.59 bits per heavy atom. The molecule has 194 valence electrons. The molecule has 2 N–H and O–H groups in total. The van der Waals surface area contributed by atoms with Gasteiger partial charge in [0.25, 0.3) is 5.91 Å². The molecule has 0 radical (unpaired) electrons. The number of methoxy groups -OCH3 is 1. The first-order valence-electron chi connectivity index (χ1n) is 11.4. The highest BCUT2D eigenvalue weighted by Crippen LogP contribution is 2.36. The lowest BCUT2D eigenvalue weighted by atomic mass is 10.1. The Balaban J connectivity index is 1.58. The lowest BCUT2D eigenvalue weighted by Crippen LogP contribution is -2.16. The maximum Gasteiger partial charge on any atom is 0.418 e. The van der Waals surface area contributed by atoms with E-state index in [0.29, 0.717) is 11.4 Å². The first-order chi connectivity index (χ1) is 17.6. The average Bonchev–Trinajstić information content (AvgIpc) is 3.46. The Kier molecular flexibility index (Phi) is 7.30. The zero-order valence-electron chi connectivity index (χ0n) is 20.7. The van der Waals surface area contributed by atoms with Crippen LogP contribution in [0.25, 0.3) is 16.9 Å². The van der Waals surface area contributed by atoms with Crippen molar-refractivity contribution < 1.29 is 22.7 Å². The van der Waals surface area contributed by atoms with E-state index in [4.69, 9.17) is 4.74 Å². The maximum absolute atomic E-state index is 13.6. The normalized spacial score (nSPS) is 11.5. The summed E-state index contributed by atoms with van der Waals surface area (Å²) >= 11 is 0. The number of carbonyl (C=O) groups excluding carboxylic acids is 1. The van der Waals surface area contributed by atoms with Crippen molar-refractivity contribution in [2.45, 2.75) is 20.0 Å². The molecule has 2 aromatic carbocycles. The van der Waals surface area contributed by atoms with E-state index in [9.17, 15) is 18.0 Å². The number of carbonyl (C=O) groups is 1. The van der Waals surface area contributed by atoms with Gasteiger partial charge in [-0.15, -0.1) is 5.10 Å². The Labute approximate surface area is 211 Å². The number of hydrogen-bond acceptors (Lipinski definition) is 6. The zero-order valence-corrected chi connectivity index (χ0v) is 20.7. The van der Waals surface area contributed by atoms with Crippen LogP contribution in [0.4, 0.5) is 24.5 Å². The van der Waals surface area contributed by atoms with Crippen LogP contribution in [0.2, 0.25) is 0 Å². The Hall–Kier alpha value is -4.19. The monoisotopic (exact) mass is 513 g/mol. The van der Waals surface area contributed by atoms with E-state index >= 15 is 0 Å². The molecular weight excluding hydrogens is 487 g/mol. The molecule has 4 aromatic rings. The van der Waals surface area contributed by atoms with E-state index in [0.717, 1.165) is 22.9 Å². The highest BCUT2D eigenvalue weighted by Gasteiger charge is 2.34. The second-order valence-electron chi connectivity index (χ2n) is 8.45. The molecule has 1 amide bonds. The summed E-state index contributed by atoms with van der Waals surface area (Å²) in [6.07, 6.45) is -1.17. The number of halogens is 3. The van der Waals surface area contributed by atoms with Crippen LogP contribution in [0, 0.1) is 13.8 Å². The number of aromatic nitrogens is 5. The lowest BCUT2D eigenvalue weighted by molar-refractivity contribution is -0.136. The van der Waals surface area contributed by atoms with Crippen LogP contribution < -0.4 is 10.6 Å². The smallest absolute Gasteiger partial charge is 0.383 e. The fourth-order valence-electron chi connectivity index (χ4n) is 3.75. The molecule has 0 aliphatic heterocycles. The molecule has 0 fully saturated rings. The van der Waals surface area contributed by atoms with Gasteiger partial charge < -0.3 is 15.4 Å². The molecule has 2 aromatic heterocycles. The van der Waals surface area contributed by atoms with Gasteiger partial charge >= 0.3 is 6.18 Å². The quantitative estimate of drug-likeness (QED) is 0.334. The van der Waals surface area contributed by atoms with Crippen molar-refractivity contribution in [1.29, 1.82) is 0 Å². The number of alkyl halides is 3. The van der Waals surface area contributed by atoms with Crippen molar-refractivity contribution in [2.75, 3.05) is 30.9 Å². The van der Waals surface area contributed by atoms with E-state index < -0.39 is 17.6 Å². The third-order valence-corrected chi connectivity index (χ3v) is 5.93. The Bertz CT molecular complexity index is 1430. The van der Waals surface area contributed by atoms with Gasteiger partial charge in [0.15, 0.2) is 0 Å². The third-order valence-electron chi connectivity index (χ3n) is 5.93. The number of amides is 1. The van der Waals surface area contributed by atoms with Crippen molar-refractivity contribution in [3.63, 3.8) is 0 Å². The van der Waals surface area contributed by atoms with Crippen molar-refractivity contribution in [1.82, 2.24) is 24.8 Å². The first kappa shape index (κ1) is 25.9. The van der Waals surface area contributed by atoms with Gasteiger partial charge in [-0.2, -0.15) is 18.3 Å². The summed E-state index contributed by atoms with van der Waals surface area (Å²) in [5, 5.41) is 17.9. The number of ether oxygens (including phenoxy) is 1. The van der Waals surface area contributed by atoms with E-state index in [1.54, 1.807) is 40.0 Å². The fourth-order valence-corrected chi connectivity index (χ4v) is 3.75. The lowest BCUT2D eigenvalue weighted by Gasteiger charge is -2.16. The minimum absolute atomic E-state index is 0.0202. The average molecular weight is 514 g/mol. The second kappa shape index (κ2) is 10.4. The molecule has 0 aliphatic carbocycles. The summed E-state index contributed by atoms with van der Waals surface area (Å²) < 4.78 is 49.1. The number of rotatable bonds is 8. The molecule has 0 saturated carbocycles. The van der Waals surface area contributed by atoms with E-state index in [-0.39, 0.29) is 30.1 Å². The predicted octanol–water partition coefficient (Wildman–Crippen LogP) is 4.61. The van der Waals surface area contributed by atoms with Gasteiger partial charge in [-0.3, -0.25) is 9.48 Å². The van der Waals surface area contributed by atoms with E-state index in [1.807, 2.05) is 20.9 Å². The molecule has 0 saturated heterocycles. The van der Waals surface area contributed by atoms with Gasteiger partial charge in [-0.1, -0.05) is 11.3 Å². The predicted molar refractivity (Wildman–Crippen MR) is 133 cm³/mol. The van der Waals surface area contributed by atoms with Crippen LogP contribution in [0.5, 0.6) is 0 Å². The molecule has 0 aliphatic rings. The summed E-state index contributed by atoms with van der Waals surface area (Å²) in [5.74, 6) is -0.557. The maximum atomic E-state index is 13.6. The number of nitrogens with zero attached hydrogens (tertiary/aromatic N) is 5. The fraction of sp³-hybridized carbons (Fsp3) is 0.280. The molecular formula is C25H26F3N7O2. The van der Waals surface area contributed by atoms with Gasteiger partial charge in [-0.25, -0.2) is 4.68 Å². The SMILES string of the molecule is COCCNc1ccc(NC(=O)c2ccc(C)c(-n3cc(-c4cnn(C)c4C)nn3)c2)cc1C(F)(F)F. The molecule has 0 bridgehead atoms. The highest BCUT2D eigenvalue weighted by atomic mass is 19.4. The van der Waals surface area contributed by atoms with Gasteiger partial charge in [0.05, 0.1) is 30.3 Å². The summed E-state index contributed by atoms with van der Waals surface area (Å²) in [4.78, 5) is 13.0. The number of aryl methyl sites for hydroxylation is 2. The summed E-state index contributed by atoms with van der Waals surface area (Å²) in [7, 11) is 3.30. The molecule has 9 nitrogen and oxygen atoms in total. The minimum Gasteiger partial charge on any atom is -0.383 e. The zero-order chi connectivity index (χ0) is 26.7. The van der Waals surface area contributed by atoms with Crippen LogP contribution in [0.1, 0.15) is 27.2 Å². The minimum atomic E-state index is -4.61. The second-order valence-corrected chi connectivity index (χ2v) is 8.45. The summed E-state index contributed by atoms with van der Waals surface area (Å²) in [6.45, 7) is 4.24. The Morgan fingerprint density at radius 1 is 1.14 bits per heavy atom. The van der Waals surface area contributed by atoms with Crippen LogP contribution in [-0.4, -0.2) is 50.9 Å². The van der Waals surface area contributed by atoms with Crippen LogP contribution in [0.3, 0.4) is 0 Å². The van der Waals surface area contributed by atoms with Gasteiger partial charge in [-0.05, 0) is 49.7 Å².